The van der Waals surface area contributed by atoms with Crippen LogP contribution in [0, 0.1) is 12.8 Å². The highest BCUT2D eigenvalue weighted by Crippen LogP contribution is 2.30. The third-order valence-electron chi connectivity index (χ3n) is 3.12. The molecule has 1 aromatic rings. The van der Waals surface area contributed by atoms with E-state index in [4.69, 9.17) is 9.84 Å². The zero-order valence-corrected chi connectivity index (χ0v) is 11.4. The molecule has 1 N–H and O–H groups in total. The van der Waals surface area contributed by atoms with Gasteiger partial charge in [-0.15, -0.1) is 0 Å². The summed E-state index contributed by atoms with van der Waals surface area (Å²) in [5.74, 6) is 2.03. The third kappa shape index (κ3) is 4.04. The molecule has 2 nitrogen and oxygen atoms in total. The minimum atomic E-state index is 0.252. The summed E-state index contributed by atoms with van der Waals surface area (Å²) in [6.45, 7) is 6.76. The van der Waals surface area contributed by atoms with E-state index in [1.165, 1.54) is 5.56 Å². The highest BCUT2D eigenvalue weighted by Gasteiger charge is 2.14. The Balaban J connectivity index is 2.89. The molecule has 0 aromatic heterocycles. The first-order chi connectivity index (χ1) is 8.08. The standard InChI is InChI=1S/C15H24O2/c1-11(2)9-14(7-8-16)13-5-6-15(17-4)12(3)10-13/h5-6,10-11,14,16H,7-9H2,1-4H3. The van der Waals surface area contributed by atoms with Gasteiger partial charge in [0.2, 0.25) is 0 Å². The van der Waals surface area contributed by atoms with Gasteiger partial charge >= 0.3 is 0 Å². The molecule has 0 radical (unpaired) electrons. The van der Waals surface area contributed by atoms with E-state index in [0.29, 0.717) is 11.8 Å². The van der Waals surface area contributed by atoms with Crippen molar-refractivity contribution in [3.05, 3.63) is 29.3 Å². The first-order valence-electron chi connectivity index (χ1n) is 6.33. The van der Waals surface area contributed by atoms with E-state index in [1.807, 2.05) is 6.07 Å². The molecule has 1 atom stereocenters. The maximum absolute atomic E-state index is 9.16. The number of hydrogen-bond acceptors (Lipinski definition) is 2. The summed E-state index contributed by atoms with van der Waals surface area (Å²) in [6.07, 6.45) is 1.95. The van der Waals surface area contributed by atoms with Crippen molar-refractivity contribution in [3.8, 4) is 5.75 Å². The van der Waals surface area contributed by atoms with Gasteiger partial charge in [-0.2, -0.15) is 0 Å². The molecule has 0 aliphatic rings. The fraction of sp³-hybridized carbons (Fsp3) is 0.600. The van der Waals surface area contributed by atoms with Gasteiger partial charge in [0.05, 0.1) is 7.11 Å². The van der Waals surface area contributed by atoms with Gasteiger partial charge in [0.1, 0.15) is 5.75 Å². The summed E-state index contributed by atoms with van der Waals surface area (Å²) in [5, 5.41) is 9.16. The smallest absolute Gasteiger partial charge is 0.121 e. The second-order valence-electron chi connectivity index (χ2n) is 5.07. The maximum Gasteiger partial charge on any atom is 0.121 e. The molecule has 0 bridgehead atoms. The van der Waals surface area contributed by atoms with Crippen LogP contribution in [0.2, 0.25) is 0 Å². The van der Waals surface area contributed by atoms with E-state index in [1.54, 1.807) is 7.11 Å². The molecular formula is C15H24O2. The lowest BCUT2D eigenvalue weighted by atomic mass is 9.87. The van der Waals surface area contributed by atoms with Crippen molar-refractivity contribution in [1.82, 2.24) is 0 Å². The molecule has 0 fully saturated rings. The lowest BCUT2D eigenvalue weighted by Crippen LogP contribution is -2.06. The highest BCUT2D eigenvalue weighted by atomic mass is 16.5. The Kier molecular flexibility index (Phi) is 5.49. The van der Waals surface area contributed by atoms with Gasteiger partial charge in [-0.3, -0.25) is 0 Å². The lowest BCUT2D eigenvalue weighted by molar-refractivity contribution is 0.267. The fourth-order valence-corrected chi connectivity index (χ4v) is 2.30. The molecule has 0 saturated heterocycles. The third-order valence-corrected chi connectivity index (χ3v) is 3.12. The largest absolute Gasteiger partial charge is 0.496 e. The van der Waals surface area contributed by atoms with Crippen molar-refractivity contribution in [2.75, 3.05) is 13.7 Å². The topological polar surface area (TPSA) is 29.5 Å². The van der Waals surface area contributed by atoms with Crippen LogP contribution in [-0.4, -0.2) is 18.8 Å². The Morgan fingerprint density at radius 3 is 2.47 bits per heavy atom. The number of aliphatic hydroxyl groups is 1. The number of methoxy groups -OCH3 is 1. The van der Waals surface area contributed by atoms with Gasteiger partial charge in [-0.05, 0) is 48.8 Å². The first kappa shape index (κ1) is 14.0. The monoisotopic (exact) mass is 236 g/mol. The van der Waals surface area contributed by atoms with Crippen LogP contribution < -0.4 is 4.74 Å². The SMILES string of the molecule is COc1ccc(C(CCO)CC(C)C)cc1C. The van der Waals surface area contributed by atoms with Crippen molar-refractivity contribution in [3.63, 3.8) is 0 Å². The predicted octanol–water partition coefficient (Wildman–Crippen LogP) is 3.52. The Morgan fingerprint density at radius 2 is 2.00 bits per heavy atom. The average molecular weight is 236 g/mol. The van der Waals surface area contributed by atoms with Crippen LogP contribution in [-0.2, 0) is 0 Å². The van der Waals surface area contributed by atoms with Crippen molar-refractivity contribution >= 4 is 0 Å². The van der Waals surface area contributed by atoms with Gasteiger partial charge < -0.3 is 9.84 Å². The van der Waals surface area contributed by atoms with Gasteiger partial charge in [-0.25, -0.2) is 0 Å². The Labute approximate surface area is 105 Å². The van der Waals surface area contributed by atoms with Gasteiger partial charge in [0.15, 0.2) is 0 Å². The molecule has 0 amide bonds. The molecule has 0 heterocycles. The molecular weight excluding hydrogens is 212 g/mol. The molecule has 2 heteroatoms. The minimum absolute atomic E-state index is 0.252. The van der Waals surface area contributed by atoms with Crippen LogP contribution in [0.1, 0.15) is 43.7 Å². The number of aryl methyl sites for hydroxylation is 1. The highest BCUT2D eigenvalue weighted by molar-refractivity contribution is 5.37. The number of ether oxygens (including phenoxy) is 1. The first-order valence-corrected chi connectivity index (χ1v) is 6.33. The molecule has 1 rings (SSSR count). The molecule has 17 heavy (non-hydrogen) atoms. The van der Waals surface area contributed by atoms with Crippen molar-refractivity contribution in [2.45, 2.75) is 39.5 Å². The van der Waals surface area contributed by atoms with E-state index >= 15 is 0 Å². The van der Waals surface area contributed by atoms with Crippen LogP contribution in [0.4, 0.5) is 0 Å². The van der Waals surface area contributed by atoms with E-state index in [-0.39, 0.29) is 6.61 Å². The van der Waals surface area contributed by atoms with Gasteiger partial charge in [0, 0.05) is 6.61 Å². The van der Waals surface area contributed by atoms with E-state index < -0.39 is 0 Å². The zero-order chi connectivity index (χ0) is 12.8. The van der Waals surface area contributed by atoms with Gasteiger partial charge in [-0.1, -0.05) is 26.0 Å². The number of hydrogen-bond donors (Lipinski definition) is 1. The fourth-order valence-electron chi connectivity index (χ4n) is 2.30. The van der Waals surface area contributed by atoms with Crippen LogP contribution in [0.3, 0.4) is 0 Å². The number of rotatable bonds is 6. The predicted molar refractivity (Wildman–Crippen MR) is 71.6 cm³/mol. The molecule has 0 aliphatic heterocycles. The summed E-state index contributed by atoms with van der Waals surface area (Å²) < 4.78 is 5.27. The summed E-state index contributed by atoms with van der Waals surface area (Å²) in [5.41, 5.74) is 2.47. The van der Waals surface area contributed by atoms with Crippen LogP contribution in [0.5, 0.6) is 5.75 Å². The minimum Gasteiger partial charge on any atom is -0.496 e. The summed E-state index contributed by atoms with van der Waals surface area (Å²) in [6, 6.07) is 6.32. The van der Waals surface area contributed by atoms with Crippen molar-refractivity contribution in [2.24, 2.45) is 5.92 Å². The molecule has 0 aliphatic carbocycles. The molecule has 0 saturated carbocycles. The summed E-state index contributed by atoms with van der Waals surface area (Å²) in [7, 11) is 1.70. The second-order valence-corrected chi connectivity index (χ2v) is 5.07. The molecule has 1 unspecified atom stereocenters. The quantitative estimate of drug-likeness (QED) is 0.819. The Morgan fingerprint density at radius 1 is 1.29 bits per heavy atom. The average Bonchev–Trinajstić information content (AvgIpc) is 2.28. The summed E-state index contributed by atoms with van der Waals surface area (Å²) in [4.78, 5) is 0. The van der Waals surface area contributed by atoms with E-state index in [2.05, 4.69) is 32.9 Å². The number of aliphatic hydroxyl groups excluding tert-OH is 1. The Hall–Kier alpha value is -1.02. The maximum atomic E-state index is 9.16. The van der Waals surface area contributed by atoms with E-state index in [9.17, 15) is 0 Å². The van der Waals surface area contributed by atoms with Crippen LogP contribution >= 0.6 is 0 Å². The second kappa shape index (κ2) is 6.65. The number of benzene rings is 1. The molecule has 96 valence electrons. The Bertz CT molecular complexity index is 345. The van der Waals surface area contributed by atoms with Crippen LogP contribution in [0.25, 0.3) is 0 Å². The van der Waals surface area contributed by atoms with Crippen molar-refractivity contribution in [1.29, 1.82) is 0 Å². The normalized spacial score (nSPS) is 12.8. The summed E-state index contributed by atoms with van der Waals surface area (Å²) >= 11 is 0. The molecule has 1 aromatic carbocycles. The van der Waals surface area contributed by atoms with Crippen LogP contribution in [0.15, 0.2) is 18.2 Å². The van der Waals surface area contributed by atoms with Crippen molar-refractivity contribution < 1.29 is 9.84 Å². The van der Waals surface area contributed by atoms with Gasteiger partial charge in [0.25, 0.3) is 0 Å². The molecule has 0 spiro atoms. The lowest BCUT2D eigenvalue weighted by Gasteiger charge is -2.19. The van der Waals surface area contributed by atoms with E-state index in [0.717, 1.165) is 24.2 Å². The zero-order valence-electron chi connectivity index (χ0n) is 11.4.